The molecule has 0 aliphatic rings. The molecule has 0 saturated carbocycles. The van der Waals surface area contributed by atoms with E-state index in [9.17, 15) is 5.11 Å². The van der Waals surface area contributed by atoms with Crippen LogP contribution in [-0.2, 0) is 0 Å². The number of aliphatic hydroxyl groups excluding tert-OH is 1. The standard InChI is InChI=1S/C14H24N2O2.ClH/c1-3-16(4-2)11-7-8-12(14(18)10-11)13(15)6-5-9-17;/h7-8,10,13,17-18H,3-6,9,15H2,1-2H3;1H/t13-;/m1./s1. The molecule has 0 fully saturated rings. The fourth-order valence-corrected chi connectivity index (χ4v) is 2.10. The van der Waals surface area contributed by atoms with Crippen molar-refractivity contribution >= 4 is 18.1 Å². The van der Waals surface area contributed by atoms with Crippen molar-refractivity contribution in [3.05, 3.63) is 23.8 Å². The monoisotopic (exact) mass is 288 g/mol. The van der Waals surface area contributed by atoms with Gasteiger partial charge in [0.2, 0.25) is 0 Å². The average Bonchev–Trinajstić information content (AvgIpc) is 2.37. The van der Waals surface area contributed by atoms with E-state index in [1.54, 1.807) is 6.07 Å². The molecule has 110 valence electrons. The van der Waals surface area contributed by atoms with Crippen LogP contribution < -0.4 is 10.6 Å². The number of hydrogen-bond donors (Lipinski definition) is 3. The quantitative estimate of drug-likeness (QED) is 0.721. The molecule has 0 amide bonds. The van der Waals surface area contributed by atoms with Crippen molar-refractivity contribution < 1.29 is 10.2 Å². The summed E-state index contributed by atoms with van der Waals surface area (Å²) in [6.07, 6.45) is 1.33. The van der Waals surface area contributed by atoms with E-state index in [-0.39, 0.29) is 30.8 Å². The van der Waals surface area contributed by atoms with Gasteiger partial charge in [0.05, 0.1) is 0 Å². The normalized spacial score (nSPS) is 11.8. The van der Waals surface area contributed by atoms with Gasteiger partial charge in [-0.05, 0) is 32.8 Å². The van der Waals surface area contributed by atoms with E-state index in [0.717, 1.165) is 24.3 Å². The first-order chi connectivity index (χ1) is 8.63. The summed E-state index contributed by atoms with van der Waals surface area (Å²) in [6.45, 7) is 6.12. The number of phenols is 1. The third-order valence-electron chi connectivity index (χ3n) is 3.22. The molecule has 0 unspecified atom stereocenters. The van der Waals surface area contributed by atoms with Gasteiger partial charge in [0.25, 0.3) is 0 Å². The molecular formula is C14H25ClN2O2. The highest BCUT2D eigenvalue weighted by Gasteiger charge is 2.12. The first kappa shape index (κ1) is 18.0. The lowest BCUT2D eigenvalue weighted by atomic mass is 10.0. The third-order valence-corrected chi connectivity index (χ3v) is 3.22. The highest BCUT2D eigenvalue weighted by molar-refractivity contribution is 5.85. The minimum Gasteiger partial charge on any atom is -0.508 e. The Balaban J connectivity index is 0.00000324. The van der Waals surface area contributed by atoms with Gasteiger partial charge in [-0.3, -0.25) is 0 Å². The summed E-state index contributed by atoms with van der Waals surface area (Å²) in [5.74, 6) is 0.241. The number of anilines is 1. The molecule has 0 bridgehead atoms. The molecule has 19 heavy (non-hydrogen) atoms. The lowest BCUT2D eigenvalue weighted by Crippen LogP contribution is -2.21. The van der Waals surface area contributed by atoms with Crippen molar-refractivity contribution in [2.24, 2.45) is 5.73 Å². The van der Waals surface area contributed by atoms with Crippen molar-refractivity contribution in [3.8, 4) is 5.75 Å². The maximum absolute atomic E-state index is 10.0. The molecule has 1 aromatic rings. The predicted octanol–water partition coefficient (Wildman–Crippen LogP) is 2.43. The van der Waals surface area contributed by atoms with Gasteiger partial charge in [0.15, 0.2) is 0 Å². The van der Waals surface area contributed by atoms with E-state index in [4.69, 9.17) is 10.8 Å². The topological polar surface area (TPSA) is 69.7 Å². The van der Waals surface area contributed by atoms with E-state index >= 15 is 0 Å². The van der Waals surface area contributed by atoms with Gasteiger partial charge >= 0.3 is 0 Å². The molecule has 0 radical (unpaired) electrons. The summed E-state index contributed by atoms with van der Waals surface area (Å²) in [5, 5.41) is 18.8. The molecule has 0 aliphatic heterocycles. The highest BCUT2D eigenvalue weighted by atomic mass is 35.5. The number of aromatic hydroxyl groups is 1. The van der Waals surface area contributed by atoms with Crippen molar-refractivity contribution in [3.63, 3.8) is 0 Å². The number of nitrogens with zero attached hydrogens (tertiary/aromatic N) is 1. The number of hydrogen-bond acceptors (Lipinski definition) is 4. The van der Waals surface area contributed by atoms with Crippen LogP contribution in [0.15, 0.2) is 18.2 Å². The van der Waals surface area contributed by atoms with Crippen LogP contribution in [0.2, 0.25) is 0 Å². The zero-order chi connectivity index (χ0) is 13.5. The molecule has 1 aromatic carbocycles. The van der Waals surface area contributed by atoms with Crippen LogP contribution in [0, 0.1) is 0 Å². The van der Waals surface area contributed by atoms with Gasteiger partial charge in [-0.2, -0.15) is 0 Å². The Labute approximate surface area is 121 Å². The lowest BCUT2D eigenvalue weighted by molar-refractivity contribution is 0.279. The second kappa shape index (κ2) is 9.02. The summed E-state index contributed by atoms with van der Waals surface area (Å²) in [6, 6.07) is 5.41. The molecule has 0 heterocycles. The zero-order valence-electron chi connectivity index (χ0n) is 11.7. The van der Waals surface area contributed by atoms with Gasteiger partial charge in [-0.25, -0.2) is 0 Å². The molecule has 4 N–H and O–H groups in total. The van der Waals surface area contributed by atoms with E-state index < -0.39 is 0 Å². The van der Waals surface area contributed by atoms with Crippen LogP contribution in [-0.4, -0.2) is 29.9 Å². The minimum atomic E-state index is -0.220. The number of phenolic OH excluding ortho intramolecular Hbond substituents is 1. The highest BCUT2D eigenvalue weighted by Crippen LogP contribution is 2.29. The Bertz CT molecular complexity index is 370. The average molecular weight is 289 g/mol. The van der Waals surface area contributed by atoms with E-state index in [0.29, 0.717) is 12.8 Å². The fraction of sp³-hybridized carbons (Fsp3) is 0.571. The molecule has 0 spiro atoms. The number of halogens is 1. The van der Waals surface area contributed by atoms with Crippen molar-refractivity contribution in [2.75, 3.05) is 24.6 Å². The van der Waals surface area contributed by atoms with E-state index in [1.165, 1.54) is 0 Å². The smallest absolute Gasteiger partial charge is 0.122 e. The maximum Gasteiger partial charge on any atom is 0.122 e. The van der Waals surface area contributed by atoms with Gasteiger partial charge in [-0.1, -0.05) is 6.07 Å². The van der Waals surface area contributed by atoms with Crippen LogP contribution >= 0.6 is 12.4 Å². The summed E-state index contributed by atoms with van der Waals surface area (Å²) >= 11 is 0. The van der Waals surface area contributed by atoms with Gasteiger partial charge in [0, 0.05) is 43.1 Å². The van der Waals surface area contributed by atoms with Crippen LogP contribution in [0.1, 0.15) is 38.3 Å². The fourth-order valence-electron chi connectivity index (χ4n) is 2.10. The Morgan fingerprint density at radius 2 is 1.89 bits per heavy atom. The van der Waals surface area contributed by atoms with Gasteiger partial charge < -0.3 is 20.8 Å². The molecule has 0 aliphatic carbocycles. The van der Waals surface area contributed by atoms with Crippen molar-refractivity contribution in [1.29, 1.82) is 0 Å². The molecule has 4 nitrogen and oxygen atoms in total. The first-order valence-corrected chi connectivity index (χ1v) is 6.58. The molecule has 1 rings (SSSR count). The van der Waals surface area contributed by atoms with Crippen LogP contribution in [0.25, 0.3) is 0 Å². The number of aliphatic hydroxyl groups is 1. The number of rotatable bonds is 7. The molecule has 5 heteroatoms. The van der Waals surface area contributed by atoms with Crippen LogP contribution in [0.3, 0.4) is 0 Å². The Morgan fingerprint density at radius 1 is 1.26 bits per heavy atom. The van der Waals surface area contributed by atoms with E-state index in [2.05, 4.69) is 18.7 Å². The van der Waals surface area contributed by atoms with Crippen LogP contribution in [0.4, 0.5) is 5.69 Å². The number of benzene rings is 1. The second-order valence-corrected chi connectivity index (χ2v) is 4.39. The molecule has 0 saturated heterocycles. The number of nitrogens with two attached hydrogens (primary N) is 1. The zero-order valence-corrected chi connectivity index (χ0v) is 12.5. The molecule has 0 aromatic heterocycles. The summed E-state index contributed by atoms with van der Waals surface area (Å²) < 4.78 is 0. The third kappa shape index (κ3) is 4.90. The Hall–Kier alpha value is -0.970. The van der Waals surface area contributed by atoms with Crippen LogP contribution in [0.5, 0.6) is 5.75 Å². The first-order valence-electron chi connectivity index (χ1n) is 6.58. The van der Waals surface area contributed by atoms with Crippen molar-refractivity contribution in [1.82, 2.24) is 0 Å². The van der Waals surface area contributed by atoms with Crippen molar-refractivity contribution in [2.45, 2.75) is 32.7 Å². The molecule has 1 atom stereocenters. The van der Waals surface area contributed by atoms with E-state index in [1.807, 2.05) is 12.1 Å². The largest absolute Gasteiger partial charge is 0.508 e. The minimum absolute atomic E-state index is 0. The van der Waals surface area contributed by atoms with Gasteiger partial charge in [-0.15, -0.1) is 12.4 Å². The maximum atomic E-state index is 10.0. The predicted molar refractivity (Wildman–Crippen MR) is 82.2 cm³/mol. The lowest BCUT2D eigenvalue weighted by Gasteiger charge is -2.22. The summed E-state index contributed by atoms with van der Waals surface area (Å²) in [4.78, 5) is 2.17. The SMILES string of the molecule is CCN(CC)c1ccc([C@H](N)CCCO)c(O)c1.Cl. The molecular weight excluding hydrogens is 264 g/mol. The summed E-state index contributed by atoms with van der Waals surface area (Å²) in [7, 11) is 0. The Morgan fingerprint density at radius 3 is 2.37 bits per heavy atom. The summed E-state index contributed by atoms with van der Waals surface area (Å²) in [5.41, 5.74) is 7.75. The van der Waals surface area contributed by atoms with Gasteiger partial charge in [0.1, 0.15) is 5.75 Å². The Kier molecular flexibility index (Phi) is 8.56. The second-order valence-electron chi connectivity index (χ2n) is 4.39.